The van der Waals surface area contributed by atoms with Crippen molar-refractivity contribution < 1.29 is 4.79 Å². The first kappa shape index (κ1) is 19.8. The predicted octanol–water partition coefficient (Wildman–Crippen LogP) is 3.50. The second-order valence-corrected chi connectivity index (χ2v) is 8.32. The van der Waals surface area contributed by atoms with E-state index in [9.17, 15) is 4.79 Å². The first-order valence-corrected chi connectivity index (χ1v) is 11.2. The molecular weight excluding hydrogens is 384 g/mol. The molecule has 2 heterocycles. The molecule has 0 atom stereocenters. The van der Waals surface area contributed by atoms with Crippen molar-refractivity contribution in [2.45, 2.75) is 12.8 Å². The molecule has 31 heavy (non-hydrogen) atoms. The van der Waals surface area contributed by atoms with Gasteiger partial charge in [0.25, 0.3) is 0 Å². The van der Waals surface area contributed by atoms with Gasteiger partial charge in [-0.05, 0) is 30.0 Å². The van der Waals surface area contributed by atoms with Crippen LogP contribution < -0.4 is 10.2 Å². The van der Waals surface area contributed by atoms with E-state index in [-0.39, 0.29) is 5.78 Å². The highest BCUT2D eigenvalue weighted by molar-refractivity contribution is 6.01. The molecule has 0 spiro atoms. The summed E-state index contributed by atoms with van der Waals surface area (Å²) in [6, 6.07) is 18.7. The lowest BCUT2D eigenvalue weighted by atomic mass is 9.94. The van der Waals surface area contributed by atoms with Crippen LogP contribution in [0.1, 0.15) is 17.5 Å². The zero-order valence-electron chi connectivity index (χ0n) is 17.8. The van der Waals surface area contributed by atoms with Crippen LogP contribution in [0.3, 0.4) is 0 Å². The van der Waals surface area contributed by atoms with Crippen LogP contribution in [0.15, 0.2) is 66.9 Å². The van der Waals surface area contributed by atoms with Gasteiger partial charge in [0.15, 0.2) is 5.78 Å². The summed E-state index contributed by atoms with van der Waals surface area (Å²) in [6.07, 6.45) is 5.24. The average Bonchev–Trinajstić information content (AvgIpc) is 2.82. The van der Waals surface area contributed by atoms with Crippen LogP contribution in [0.4, 0.5) is 5.82 Å². The Morgan fingerprint density at radius 2 is 1.74 bits per heavy atom. The Bertz CT molecular complexity index is 1110. The van der Waals surface area contributed by atoms with Crippen molar-refractivity contribution >= 4 is 28.1 Å². The number of allylic oxidation sites excluding steroid dienone is 1. The van der Waals surface area contributed by atoms with Gasteiger partial charge in [-0.25, -0.2) is 4.98 Å². The van der Waals surface area contributed by atoms with E-state index in [0.717, 1.165) is 62.8 Å². The second kappa shape index (κ2) is 8.90. The SMILES string of the molecule is O=C1C=C(NCCCN2CCN(c3nccc4ccccc34)CC2)c2ccccc2C1. The lowest BCUT2D eigenvalue weighted by molar-refractivity contribution is -0.114. The normalized spacial score (nSPS) is 16.8. The number of benzene rings is 2. The topological polar surface area (TPSA) is 48.5 Å². The molecule has 3 aromatic rings. The van der Waals surface area contributed by atoms with Gasteiger partial charge in [-0.3, -0.25) is 9.69 Å². The molecule has 1 aromatic heterocycles. The van der Waals surface area contributed by atoms with Crippen LogP contribution in [-0.4, -0.2) is 54.9 Å². The minimum atomic E-state index is 0.180. The Morgan fingerprint density at radius 3 is 2.65 bits per heavy atom. The van der Waals surface area contributed by atoms with E-state index in [4.69, 9.17) is 0 Å². The lowest BCUT2D eigenvalue weighted by Gasteiger charge is -2.36. The fourth-order valence-electron chi connectivity index (χ4n) is 4.63. The quantitative estimate of drug-likeness (QED) is 0.628. The number of piperazine rings is 1. The molecule has 158 valence electrons. The van der Waals surface area contributed by atoms with E-state index in [1.54, 1.807) is 6.08 Å². The van der Waals surface area contributed by atoms with Gasteiger partial charge in [0.05, 0.1) is 0 Å². The summed E-state index contributed by atoms with van der Waals surface area (Å²) in [6.45, 7) is 6.04. The van der Waals surface area contributed by atoms with Gasteiger partial charge in [0.1, 0.15) is 5.82 Å². The molecule has 1 fully saturated rings. The average molecular weight is 413 g/mol. The summed E-state index contributed by atoms with van der Waals surface area (Å²) >= 11 is 0. The lowest BCUT2D eigenvalue weighted by Crippen LogP contribution is -2.47. The van der Waals surface area contributed by atoms with Crippen molar-refractivity contribution in [1.82, 2.24) is 15.2 Å². The molecule has 1 aliphatic heterocycles. The van der Waals surface area contributed by atoms with Gasteiger partial charge in [0.2, 0.25) is 0 Å². The number of nitrogens with zero attached hydrogens (tertiary/aromatic N) is 3. The van der Waals surface area contributed by atoms with Crippen LogP contribution in [0.5, 0.6) is 0 Å². The number of fused-ring (bicyclic) bond motifs is 2. The first-order valence-electron chi connectivity index (χ1n) is 11.2. The van der Waals surface area contributed by atoms with Gasteiger partial charge >= 0.3 is 0 Å². The molecule has 2 aromatic carbocycles. The van der Waals surface area contributed by atoms with Crippen LogP contribution in [0.2, 0.25) is 0 Å². The Kier molecular flexibility index (Phi) is 5.67. The molecule has 5 rings (SSSR count). The summed E-state index contributed by atoms with van der Waals surface area (Å²) in [5.41, 5.74) is 3.26. The molecule has 1 N–H and O–H groups in total. The van der Waals surface area contributed by atoms with Gasteiger partial charge in [-0.2, -0.15) is 0 Å². The third-order valence-electron chi connectivity index (χ3n) is 6.27. The van der Waals surface area contributed by atoms with Crippen LogP contribution in [-0.2, 0) is 11.2 Å². The minimum absolute atomic E-state index is 0.180. The minimum Gasteiger partial charge on any atom is -0.384 e. The predicted molar refractivity (Wildman–Crippen MR) is 126 cm³/mol. The summed E-state index contributed by atoms with van der Waals surface area (Å²) in [5, 5.41) is 5.98. The molecule has 0 unspecified atom stereocenters. The van der Waals surface area contributed by atoms with E-state index in [1.807, 2.05) is 24.4 Å². The number of hydrogen-bond acceptors (Lipinski definition) is 5. The number of hydrogen-bond donors (Lipinski definition) is 1. The summed E-state index contributed by atoms with van der Waals surface area (Å²) < 4.78 is 0. The maximum Gasteiger partial charge on any atom is 0.162 e. The van der Waals surface area contributed by atoms with Crippen LogP contribution in [0, 0.1) is 0 Å². The molecule has 2 aliphatic rings. The Morgan fingerprint density at radius 1 is 0.935 bits per heavy atom. The highest BCUT2D eigenvalue weighted by Crippen LogP contribution is 2.25. The second-order valence-electron chi connectivity index (χ2n) is 8.32. The van der Waals surface area contributed by atoms with E-state index >= 15 is 0 Å². The van der Waals surface area contributed by atoms with Crippen molar-refractivity contribution in [1.29, 1.82) is 0 Å². The van der Waals surface area contributed by atoms with Gasteiger partial charge < -0.3 is 10.2 Å². The summed E-state index contributed by atoms with van der Waals surface area (Å²) in [5.74, 6) is 1.28. The van der Waals surface area contributed by atoms with E-state index in [1.165, 1.54) is 16.3 Å². The van der Waals surface area contributed by atoms with Crippen LogP contribution >= 0.6 is 0 Å². The van der Waals surface area contributed by atoms with Crippen molar-refractivity contribution in [2.75, 3.05) is 44.2 Å². The van der Waals surface area contributed by atoms with E-state index in [2.05, 4.69) is 56.5 Å². The van der Waals surface area contributed by atoms with Crippen LogP contribution in [0.25, 0.3) is 16.5 Å². The zero-order chi connectivity index (χ0) is 21.0. The number of aromatic nitrogens is 1. The molecule has 0 saturated carbocycles. The standard InChI is InChI=1S/C26H28N4O/c31-22-18-21-7-2-3-8-23(21)25(19-22)27-11-5-13-29-14-16-30(17-15-29)26-24-9-4-1-6-20(24)10-12-28-26/h1-4,6-10,12,19,27H,5,11,13-18H2. The molecule has 5 heteroatoms. The number of carbonyl (C=O) groups is 1. The molecule has 5 nitrogen and oxygen atoms in total. The molecular formula is C26H28N4O. The van der Waals surface area contributed by atoms with E-state index in [0.29, 0.717) is 6.42 Å². The largest absolute Gasteiger partial charge is 0.384 e. The third kappa shape index (κ3) is 4.32. The maximum atomic E-state index is 12.0. The van der Waals surface area contributed by atoms with Gasteiger partial charge in [-0.15, -0.1) is 0 Å². The third-order valence-corrected chi connectivity index (χ3v) is 6.27. The summed E-state index contributed by atoms with van der Waals surface area (Å²) in [7, 11) is 0. The summed E-state index contributed by atoms with van der Waals surface area (Å²) in [4.78, 5) is 21.6. The number of pyridine rings is 1. The fourth-order valence-corrected chi connectivity index (χ4v) is 4.63. The molecule has 0 bridgehead atoms. The Balaban J connectivity index is 1.12. The molecule has 1 saturated heterocycles. The van der Waals surface area contributed by atoms with Crippen molar-refractivity contribution in [3.8, 4) is 0 Å². The van der Waals surface area contributed by atoms with Crippen molar-refractivity contribution in [2.24, 2.45) is 0 Å². The number of ketones is 1. The maximum absolute atomic E-state index is 12.0. The smallest absolute Gasteiger partial charge is 0.162 e. The number of anilines is 1. The molecule has 0 radical (unpaired) electrons. The van der Waals surface area contributed by atoms with E-state index < -0.39 is 0 Å². The monoisotopic (exact) mass is 412 g/mol. The fraction of sp³-hybridized carbons (Fsp3) is 0.308. The van der Waals surface area contributed by atoms with Gasteiger partial charge in [0, 0.05) is 68.1 Å². The van der Waals surface area contributed by atoms with Crippen molar-refractivity contribution in [3.05, 3.63) is 78.0 Å². The molecule has 1 aliphatic carbocycles. The number of rotatable bonds is 6. The highest BCUT2D eigenvalue weighted by Gasteiger charge is 2.20. The Labute approximate surface area is 183 Å². The number of nitrogens with one attached hydrogen (secondary N) is 1. The Hall–Kier alpha value is -3.18. The van der Waals surface area contributed by atoms with Crippen molar-refractivity contribution in [3.63, 3.8) is 0 Å². The number of carbonyl (C=O) groups excluding carboxylic acids is 1. The highest BCUT2D eigenvalue weighted by atomic mass is 16.1. The van der Waals surface area contributed by atoms with Gasteiger partial charge in [-0.1, -0.05) is 48.5 Å². The molecule has 0 amide bonds. The first-order chi connectivity index (χ1) is 15.3. The zero-order valence-corrected chi connectivity index (χ0v) is 17.8.